The maximum atomic E-state index is 11.6. The van der Waals surface area contributed by atoms with Gasteiger partial charge in [0.2, 0.25) is 5.91 Å². The first kappa shape index (κ1) is 12.4. The van der Waals surface area contributed by atoms with Gasteiger partial charge in [-0.25, -0.2) is 0 Å². The highest BCUT2D eigenvalue weighted by molar-refractivity contribution is 5.81. The quantitative estimate of drug-likeness (QED) is 0.628. The number of carbonyl (C=O) groups is 1. The molecule has 0 radical (unpaired) electrons. The van der Waals surface area contributed by atoms with E-state index in [1.54, 1.807) is 4.90 Å². The summed E-state index contributed by atoms with van der Waals surface area (Å²) >= 11 is 0. The number of aliphatic hydroxyl groups is 1. The molecule has 0 rings (SSSR count). The van der Waals surface area contributed by atoms with Crippen molar-refractivity contribution in [3.63, 3.8) is 0 Å². The maximum Gasteiger partial charge on any atom is 0.239 e. The molecule has 0 aromatic rings. The predicted molar refractivity (Wildman–Crippen MR) is 52.2 cm³/mol. The Morgan fingerprint density at radius 2 is 2.08 bits per heavy atom. The van der Waals surface area contributed by atoms with Gasteiger partial charge >= 0.3 is 0 Å². The Morgan fingerprint density at radius 3 is 2.38 bits per heavy atom. The number of nitrogens with two attached hydrogens (primary N) is 1. The molecule has 0 aromatic carbocycles. The highest BCUT2D eigenvalue weighted by Crippen LogP contribution is 2.02. The normalized spacial score (nSPS) is 13.1. The Hall–Kier alpha value is -0.610. The first-order valence-corrected chi connectivity index (χ1v) is 4.69. The molecule has 0 aliphatic rings. The van der Waals surface area contributed by atoms with E-state index in [-0.39, 0.29) is 18.4 Å². The van der Waals surface area contributed by atoms with Gasteiger partial charge < -0.3 is 15.7 Å². The van der Waals surface area contributed by atoms with E-state index in [1.807, 2.05) is 20.8 Å². The van der Waals surface area contributed by atoms with Gasteiger partial charge in [0.1, 0.15) is 0 Å². The van der Waals surface area contributed by atoms with Crippen LogP contribution in [0.4, 0.5) is 0 Å². The molecule has 4 nitrogen and oxygen atoms in total. The summed E-state index contributed by atoms with van der Waals surface area (Å²) in [6.07, 6.45) is 0. The number of rotatable bonds is 5. The van der Waals surface area contributed by atoms with E-state index in [0.29, 0.717) is 13.1 Å². The van der Waals surface area contributed by atoms with Crippen molar-refractivity contribution in [2.24, 2.45) is 11.7 Å². The van der Waals surface area contributed by atoms with Crippen LogP contribution in [-0.4, -0.2) is 41.7 Å². The van der Waals surface area contributed by atoms with Gasteiger partial charge in [-0.3, -0.25) is 4.79 Å². The molecular weight excluding hydrogens is 168 g/mol. The molecule has 0 saturated heterocycles. The van der Waals surface area contributed by atoms with Crippen molar-refractivity contribution in [2.45, 2.75) is 26.8 Å². The first-order chi connectivity index (χ1) is 6.04. The Kier molecular flexibility index (Phi) is 5.66. The van der Waals surface area contributed by atoms with E-state index in [4.69, 9.17) is 10.8 Å². The lowest BCUT2D eigenvalue weighted by molar-refractivity contribution is -0.133. The molecule has 0 spiro atoms. The fourth-order valence-electron chi connectivity index (χ4n) is 1.04. The molecule has 0 heterocycles. The van der Waals surface area contributed by atoms with Crippen LogP contribution in [0.15, 0.2) is 0 Å². The van der Waals surface area contributed by atoms with Crippen molar-refractivity contribution in [2.75, 3.05) is 19.7 Å². The highest BCUT2D eigenvalue weighted by atomic mass is 16.3. The Bertz CT molecular complexity index is 160. The van der Waals surface area contributed by atoms with Crippen molar-refractivity contribution >= 4 is 5.91 Å². The molecule has 0 fully saturated rings. The molecule has 0 unspecified atom stereocenters. The van der Waals surface area contributed by atoms with Crippen LogP contribution < -0.4 is 5.73 Å². The molecule has 3 N–H and O–H groups in total. The van der Waals surface area contributed by atoms with Crippen LogP contribution in [0.25, 0.3) is 0 Å². The van der Waals surface area contributed by atoms with Crippen LogP contribution in [0, 0.1) is 5.92 Å². The molecule has 13 heavy (non-hydrogen) atoms. The molecular formula is C9H20N2O2. The molecule has 0 bridgehead atoms. The van der Waals surface area contributed by atoms with Gasteiger partial charge in [-0.2, -0.15) is 0 Å². The zero-order valence-corrected chi connectivity index (χ0v) is 8.66. The second-order valence-corrected chi connectivity index (χ2v) is 3.41. The number of amides is 1. The largest absolute Gasteiger partial charge is 0.395 e. The summed E-state index contributed by atoms with van der Waals surface area (Å²) in [5, 5.41) is 8.70. The van der Waals surface area contributed by atoms with Gasteiger partial charge in [0.05, 0.1) is 12.6 Å². The molecule has 0 saturated carbocycles. The number of aliphatic hydroxyl groups excluding tert-OH is 1. The smallest absolute Gasteiger partial charge is 0.239 e. The average Bonchev–Trinajstić information content (AvgIpc) is 2.11. The zero-order chi connectivity index (χ0) is 10.4. The third-order valence-electron chi connectivity index (χ3n) is 2.07. The monoisotopic (exact) mass is 188 g/mol. The molecule has 78 valence electrons. The second kappa shape index (κ2) is 5.94. The van der Waals surface area contributed by atoms with Crippen LogP contribution in [0.1, 0.15) is 20.8 Å². The van der Waals surface area contributed by atoms with Crippen LogP contribution >= 0.6 is 0 Å². The van der Waals surface area contributed by atoms with Crippen molar-refractivity contribution in [1.29, 1.82) is 0 Å². The van der Waals surface area contributed by atoms with E-state index >= 15 is 0 Å². The minimum absolute atomic E-state index is 0.00953. The van der Waals surface area contributed by atoms with Crippen molar-refractivity contribution in [3.05, 3.63) is 0 Å². The number of nitrogens with zero attached hydrogens (tertiary/aromatic N) is 1. The third kappa shape index (κ3) is 3.74. The minimum Gasteiger partial charge on any atom is -0.395 e. The van der Waals surface area contributed by atoms with Crippen LogP contribution in [0.5, 0.6) is 0 Å². The van der Waals surface area contributed by atoms with Gasteiger partial charge in [-0.1, -0.05) is 13.8 Å². The van der Waals surface area contributed by atoms with E-state index in [2.05, 4.69) is 0 Å². The molecule has 4 heteroatoms. The topological polar surface area (TPSA) is 66.6 Å². The molecule has 1 amide bonds. The lowest BCUT2D eigenvalue weighted by Crippen LogP contribution is -2.47. The summed E-state index contributed by atoms with van der Waals surface area (Å²) < 4.78 is 0. The van der Waals surface area contributed by atoms with E-state index in [1.165, 1.54) is 0 Å². The SMILES string of the molecule is CCN(CCO)C(=O)[C@@H](N)C(C)C. The van der Waals surface area contributed by atoms with E-state index in [0.717, 1.165) is 0 Å². The lowest BCUT2D eigenvalue weighted by atomic mass is 10.0. The zero-order valence-electron chi connectivity index (χ0n) is 8.66. The number of hydrogen-bond acceptors (Lipinski definition) is 3. The predicted octanol–water partition coefficient (Wildman–Crippen LogP) is -0.189. The Labute approximate surface area is 79.7 Å². The highest BCUT2D eigenvalue weighted by Gasteiger charge is 2.21. The van der Waals surface area contributed by atoms with Gasteiger partial charge in [0.25, 0.3) is 0 Å². The lowest BCUT2D eigenvalue weighted by Gasteiger charge is -2.25. The standard InChI is InChI=1S/C9H20N2O2/c1-4-11(5-6-12)9(13)8(10)7(2)3/h7-8,12H,4-6,10H2,1-3H3/t8-/m0/s1. The first-order valence-electron chi connectivity index (χ1n) is 4.69. The number of hydrogen-bond donors (Lipinski definition) is 2. The van der Waals surface area contributed by atoms with Crippen LogP contribution in [0.2, 0.25) is 0 Å². The minimum atomic E-state index is -0.452. The average molecular weight is 188 g/mol. The summed E-state index contributed by atoms with van der Waals surface area (Å²) in [6.45, 7) is 6.66. The van der Waals surface area contributed by atoms with Gasteiger partial charge in [0.15, 0.2) is 0 Å². The van der Waals surface area contributed by atoms with Crippen molar-refractivity contribution < 1.29 is 9.90 Å². The molecule has 0 aliphatic carbocycles. The van der Waals surface area contributed by atoms with Crippen molar-refractivity contribution in [1.82, 2.24) is 4.90 Å². The Balaban J connectivity index is 4.19. The fraction of sp³-hybridized carbons (Fsp3) is 0.889. The molecule has 0 aromatic heterocycles. The van der Waals surface area contributed by atoms with Gasteiger partial charge in [-0.15, -0.1) is 0 Å². The summed E-state index contributed by atoms with van der Waals surface area (Å²) in [6, 6.07) is -0.452. The maximum absolute atomic E-state index is 11.6. The number of carbonyl (C=O) groups excluding carboxylic acids is 1. The fourth-order valence-corrected chi connectivity index (χ4v) is 1.04. The van der Waals surface area contributed by atoms with Crippen LogP contribution in [-0.2, 0) is 4.79 Å². The van der Waals surface area contributed by atoms with E-state index < -0.39 is 6.04 Å². The second-order valence-electron chi connectivity index (χ2n) is 3.41. The van der Waals surface area contributed by atoms with Crippen molar-refractivity contribution in [3.8, 4) is 0 Å². The molecule has 1 atom stereocenters. The Morgan fingerprint density at radius 1 is 1.54 bits per heavy atom. The summed E-state index contributed by atoms with van der Waals surface area (Å²) in [7, 11) is 0. The third-order valence-corrected chi connectivity index (χ3v) is 2.07. The van der Waals surface area contributed by atoms with E-state index in [9.17, 15) is 4.79 Å². The van der Waals surface area contributed by atoms with Crippen LogP contribution in [0.3, 0.4) is 0 Å². The summed E-state index contributed by atoms with van der Waals surface area (Å²) in [5.41, 5.74) is 5.69. The summed E-state index contributed by atoms with van der Waals surface area (Å²) in [4.78, 5) is 13.2. The molecule has 0 aliphatic heterocycles. The number of likely N-dealkylation sites (N-methyl/N-ethyl adjacent to an activating group) is 1. The summed E-state index contributed by atoms with van der Waals surface area (Å²) in [5.74, 6) is 0.0618. The van der Waals surface area contributed by atoms with Gasteiger partial charge in [0, 0.05) is 13.1 Å². The van der Waals surface area contributed by atoms with Gasteiger partial charge in [-0.05, 0) is 12.8 Å².